The molecule has 0 aromatic carbocycles. The van der Waals surface area contributed by atoms with E-state index in [0.29, 0.717) is 5.75 Å². The van der Waals surface area contributed by atoms with Gasteiger partial charge in [-0.3, -0.25) is 9.78 Å². The maximum Gasteiger partial charge on any atom is 0.304 e. The van der Waals surface area contributed by atoms with E-state index >= 15 is 0 Å². The molecule has 0 amide bonds. The van der Waals surface area contributed by atoms with E-state index in [1.54, 1.807) is 11.7 Å². The predicted molar refractivity (Wildman–Crippen MR) is 45.1 cm³/mol. The summed E-state index contributed by atoms with van der Waals surface area (Å²) < 4.78 is 1.08. The van der Waals surface area contributed by atoms with Crippen molar-refractivity contribution in [1.29, 1.82) is 0 Å². The van der Waals surface area contributed by atoms with Gasteiger partial charge in [0.05, 0.1) is 22.3 Å². The van der Waals surface area contributed by atoms with Crippen LogP contribution in [0.1, 0.15) is 6.42 Å². The zero-order chi connectivity index (χ0) is 8.10. The summed E-state index contributed by atoms with van der Waals surface area (Å²) in [5.74, 6) is -0.126. The van der Waals surface area contributed by atoms with Gasteiger partial charge in [-0.2, -0.15) is 0 Å². The minimum atomic E-state index is -0.748. The molecule has 0 aliphatic rings. The monoisotopic (exact) mass is 189 g/mol. The molecular formula is C6H7NO2S2. The Kier molecular flexibility index (Phi) is 3.38. The number of thioether (sulfide) groups is 1. The number of carboxylic acids is 1. The van der Waals surface area contributed by atoms with Crippen LogP contribution in [-0.2, 0) is 4.79 Å². The van der Waals surface area contributed by atoms with Crippen molar-refractivity contribution in [3.8, 4) is 0 Å². The molecule has 1 heterocycles. The van der Waals surface area contributed by atoms with Gasteiger partial charge in [0.15, 0.2) is 0 Å². The van der Waals surface area contributed by atoms with Crippen LogP contribution < -0.4 is 0 Å². The van der Waals surface area contributed by atoms with Crippen molar-refractivity contribution in [2.45, 2.75) is 10.6 Å². The minimum Gasteiger partial charge on any atom is -0.481 e. The number of nitrogens with zero attached hydrogens (tertiary/aromatic N) is 1. The predicted octanol–water partition coefficient (Wildman–Crippen LogP) is 1.71. The van der Waals surface area contributed by atoms with Crippen molar-refractivity contribution in [3.63, 3.8) is 0 Å². The molecule has 1 rings (SSSR count). The summed E-state index contributed by atoms with van der Waals surface area (Å²) >= 11 is 3.06. The Labute approximate surface area is 72.5 Å². The fourth-order valence-corrected chi connectivity index (χ4v) is 2.13. The Morgan fingerprint density at radius 1 is 1.82 bits per heavy atom. The Hall–Kier alpha value is -0.550. The molecule has 1 N–H and O–H groups in total. The third-order valence-electron chi connectivity index (χ3n) is 0.970. The Morgan fingerprint density at radius 3 is 3.18 bits per heavy atom. The molecule has 11 heavy (non-hydrogen) atoms. The number of carboxylic acid groups (broad SMARTS) is 1. The zero-order valence-corrected chi connectivity index (χ0v) is 7.32. The molecule has 0 saturated heterocycles. The SMILES string of the molecule is O=C(O)CCSc1cncs1. The molecule has 0 aliphatic heterocycles. The smallest absolute Gasteiger partial charge is 0.304 e. The van der Waals surface area contributed by atoms with Gasteiger partial charge in [0, 0.05) is 5.75 Å². The van der Waals surface area contributed by atoms with Crippen LogP contribution in [0.25, 0.3) is 0 Å². The average molecular weight is 189 g/mol. The number of thiazole rings is 1. The number of hydrogen-bond acceptors (Lipinski definition) is 4. The van der Waals surface area contributed by atoms with E-state index in [0.717, 1.165) is 4.21 Å². The van der Waals surface area contributed by atoms with Crippen LogP contribution in [0, 0.1) is 0 Å². The van der Waals surface area contributed by atoms with Gasteiger partial charge < -0.3 is 5.11 Å². The molecule has 0 saturated carbocycles. The lowest BCUT2D eigenvalue weighted by Gasteiger charge is -1.91. The second-order valence-corrected chi connectivity index (χ2v) is 4.09. The molecule has 0 spiro atoms. The summed E-state index contributed by atoms with van der Waals surface area (Å²) in [4.78, 5) is 14.0. The summed E-state index contributed by atoms with van der Waals surface area (Å²) in [6.07, 6.45) is 1.96. The lowest BCUT2D eigenvalue weighted by Crippen LogP contribution is -1.95. The summed E-state index contributed by atoms with van der Waals surface area (Å²) in [6, 6.07) is 0. The van der Waals surface area contributed by atoms with E-state index in [1.807, 2.05) is 0 Å². The first kappa shape index (κ1) is 8.55. The van der Waals surface area contributed by atoms with Gasteiger partial charge in [0.1, 0.15) is 0 Å². The van der Waals surface area contributed by atoms with Crippen LogP contribution >= 0.6 is 23.1 Å². The van der Waals surface area contributed by atoms with Crippen molar-refractivity contribution < 1.29 is 9.90 Å². The molecule has 0 aliphatic carbocycles. The molecule has 0 fully saturated rings. The van der Waals surface area contributed by atoms with Crippen LogP contribution in [0.4, 0.5) is 0 Å². The standard InChI is InChI=1S/C6H7NO2S2/c8-5(9)1-2-10-6-3-7-4-11-6/h3-4H,1-2H2,(H,8,9). The number of carbonyl (C=O) groups is 1. The van der Waals surface area contributed by atoms with Gasteiger partial charge in [-0.05, 0) is 0 Å². The lowest BCUT2D eigenvalue weighted by atomic mass is 10.5. The lowest BCUT2D eigenvalue weighted by molar-refractivity contribution is -0.136. The van der Waals surface area contributed by atoms with E-state index < -0.39 is 5.97 Å². The third kappa shape index (κ3) is 3.38. The molecule has 0 bridgehead atoms. The number of aliphatic carboxylic acids is 1. The molecule has 0 radical (unpaired) electrons. The highest BCUT2D eigenvalue weighted by Crippen LogP contribution is 2.21. The average Bonchev–Trinajstić information content (AvgIpc) is 2.39. The quantitative estimate of drug-likeness (QED) is 0.732. The highest BCUT2D eigenvalue weighted by molar-refractivity contribution is 8.01. The van der Waals surface area contributed by atoms with Gasteiger partial charge in [-0.15, -0.1) is 23.1 Å². The highest BCUT2D eigenvalue weighted by Gasteiger charge is 1.98. The zero-order valence-electron chi connectivity index (χ0n) is 5.69. The van der Waals surface area contributed by atoms with E-state index in [1.165, 1.54) is 23.1 Å². The third-order valence-corrected chi connectivity index (χ3v) is 2.98. The van der Waals surface area contributed by atoms with Crippen LogP contribution in [0.5, 0.6) is 0 Å². The minimum absolute atomic E-state index is 0.211. The van der Waals surface area contributed by atoms with Crippen LogP contribution in [0.3, 0.4) is 0 Å². The Balaban J connectivity index is 2.19. The molecule has 1 aromatic rings. The molecule has 3 nitrogen and oxygen atoms in total. The highest BCUT2D eigenvalue weighted by atomic mass is 32.2. The Morgan fingerprint density at radius 2 is 2.64 bits per heavy atom. The summed E-state index contributed by atoms with van der Waals surface area (Å²) in [5, 5.41) is 8.32. The first-order valence-electron chi connectivity index (χ1n) is 3.02. The van der Waals surface area contributed by atoms with Crippen molar-refractivity contribution in [1.82, 2.24) is 4.98 Å². The van der Waals surface area contributed by atoms with Gasteiger partial charge in [-0.1, -0.05) is 0 Å². The normalized spacial score (nSPS) is 9.82. The van der Waals surface area contributed by atoms with Crippen LogP contribution in [-0.4, -0.2) is 21.8 Å². The molecule has 0 atom stereocenters. The van der Waals surface area contributed by atoms with Crippen LogP contribution in [0.15, 0.2) is 15.9 Å². The second-order valence-electron chi connectivity index (χ2n) is 1.81. The maximum atomic E-state index is 10.1. The molecular weight excluding hydrogens is 182 g/mol. The van der Waals surface area contributed by atoms with Gasteiger partial charge >= 0.3 is 5.97 Å². The maximum absolute atomic E-state index is 10.1. The van der Waals surface area contributed by atoms with Crippen LogP contribution in [0.2, 0.25) is 0 Å². The number of hydrogen-bond donors (Lipinski definition) is 1. The topological polar surface area (TPSA) is 50.2 Å². The largest absolute Gasteiger partial charge is 0.481 e. The van der Waals surface area contributed by atoms with Gasteiger partial charge in [-0.25, -0.2) is 0 Å². The van der Waals surface area contributed by atoms with E-state index in [-0.39, 0.29) is 6.42 Å². The van der Waals surface area contributed by atoms with E-state index in [4.69, 9.17) is 5.11 Å². The fourth-order valence-electron chi connectivity index (χ4n) is 0.514. The van der Waals surface area contributed by atoms with Crippen molar-refractivity contribution in [2.24, 2.45) is 0 Å². The number of rotatable bonds is 4. The van der Waals surface area contributed by atoms with Crippen molar-refractivity contribution in [3.05, 3.63) is 11.7 Å². The van der Waals surface area contributed by atoms with Crippen molar-refractivity contribution >= 4 is 29.1 Å². The van der Waals surface area contributed by atoms with Gasteiger partial charge in [0.25, 0.3) is 0 Å². The molecule has 0 unspecified atom stereocenters. The molecule has 1 aromatic heterocycles. The fraction of sp³-hybridized carbons (Fsp3) is 0.333. The summed E-state index contributed by atoms with van der Waals surface area (Å²) in [5.41, 5.74) is 1.74. The second kappa shape index (κ2) is 4.35. The molecule has 5 heteroatoms. The van der Waals surface area contributed by atoms with E-state index in [2.05, 4.69) is 4.98 Å². The summed E-state index contributed by atoms with van der Waals surface area (Å²) in [7, 11) is 0. The molecule has 60 valence electrons. The first-order valence-corrected chi connectivity index (χ1v) is 4.88. The Bertz CT molecular complexity index is 222. The first-order chi connectivity index (χ1) is 5.29. The summed E-state index contributed by atoms with van der Waals surface area (Å²) in [6.45, 7) is 0. The van der Waals surface area contributed by atoms with E-state index in [9.17, 15) is 4.79 Å². The van der Waals surface area contributed by atoms with Gasteiger partial charge in [0.2, 0.25) is 0 Å². The number of aromatic nitrogens is 1. The van der Waals surface area contributed by atoms with Crippen molar-refractivity contribution in [2.75, 3.05) is 5.75 Å².